The second kappa shape index (κ2) is 8.16. The van der Waals surface area contributed by atoms with Crippen molar-refractivity contribution in [2.75, 3.05) is 20.6 Å². The van der Waals surface area contributed by atoms with Crippen molar-refractivity contribution in [2.24, 2.45) is 0 Å². The number of likely N-dealkylation sites (tertiary alicyclic amines) is 1. The molecule has 0 bridgehead atoms. The van der Waals surface area contributed by atoms with Crippen LogP contribution in [-0.2, 0) is 13.1 Å². The molecule has 1 aromatic heterocycles. The molecule has 2 heterocycles. The molecule has 1 saturated heterocycles. The van der Waals surface area contributed by atoms with Gasteiger partial charge in [0.1, 0.15) is 5.82 Å². The van der Waals surface area contributed by atoms with Crippen LogP contribution in [0.3, 0.4) is 0 Å². The highest BCUT2D eigenvalue weighted by molar-refractivity contribution is 5.74. The fraction of sp³-hybridized carbons (Fsp3) is 0.474. The predicted molar refractivity (Wildman–Crippen MR) is 98.0 cm³/mol. The number of urea groups is 1. The lowest BCUT2D eigenvalue weighted by molar-refractivity contribution is 0.151. The smallest absolute Gasteiger partial charge is 0.318 e. The van der Waals surface area contributed by atoms with Gasteiger partial charge in [0.2, 0.25) is 0 Å². The normalized spacial score (nSPS) is 17.7. The van der Waals surface area contributed by atoms with Crippen molar-refractivity contribution in [1.82, 2.24) is 25.1 Å². The molecule has 3 rings (SSSR count). The van der Waals surface area contributed by atoms with Gasteiger partial charge in [-0.2, -0.15) is 0 Å². The van der Waals surface area contributed by atoms with E-state index in [4.69, 9.17) is 0 Å². The van der Waals surface area contributed by atoms with Gasteiger partial charge in [-0.05, 0) is 44.5 Å². The third-order valence-corrected chi connectivity index (χ3v) is 4.59. The Balaban J connectivity index is 1.66. The summed E-state index contributed by atoms with van der Waals surface area (Å²) in [7, 11) is 4.14. The van der Waals surface area contributed by atoms with Crippen LogP contribution in [0.15, 0.2) is 36.7 Å². The first kappa shape index (κ1) is 17.5. The predicted octanol–water partition coefficient (Wildman–Crippen LogP) is 2.91. The summed E-state index contributed by atoms with van der Waals surface area (Å²) in [5.74, 6) is 0.773. The zero-order chi connectivity index (χ0) is 17.6. The van der Waals surface area contributed by atoms with E-state index in [2.05, 4.69) is 58.5 Å². The number of nitrogens with one attached hydrogen (secondary N) is 2. The monoisotopic (exact) mass is 341 g/mol. The van der Waals surface area contributed by atoms with E-state index < -0.39 is 0 Å². The van der Waals surface area contributed by atoms with Crippen molar-refractivity contribution in [3.63, 3.8) is 0 Å². The molecule has 1 fully saturated rings. The van der Waals surface area contributed by atoms with Crippen molar-refractivity contribution >= 4 is 6.03 Å². The van der Waals surface area contributed by atoms with Crippen molar-refractivity contribution in [3.8, 4) is 0 Å². The van der Waals surface area contributed by atoms with Crippen LogP contribution in [0.5, 0.6) is 0 Å². The van der Waals surface area contributed by atoms with Gasteiger partial charge in [-0.3, -0.25) is 0 Å². The van der Waals surface area contributed by atoms with E-state index in [0.717, 1.165) is 38.2 Å². The Morgan fingerprint density at radius 1 is 1.32 bits per heavy atom. The Bertz CT molecular complexity index is 666. The number of rotatable bonds is 5. The van der Waals surface area contributed by atoms with E-state index in [1.54, 1.807) is 12.4 Å². The standard InChI is InChI=1S/C19H27N5O/c1-23(2)14-15-6-8-16(9-7-15)17-5-3-4-12-24(17)19(25)22-13-18-20-10-11-21-18/h6-11,17H,3-5,12-14H2,1-2H3,(H,20,21)(H,22,25). The lowest BCUT2D eigenvalue weighted by Gasteiger charge is -2.36. The van der Waals surface area contributed by atoms with Gasteiger partial charge in [0, 0.05) is 25.5 Å². The molecule has 0 aliphatic carbocycles. The van der Waals surface area contributed by atoms with Gasteiger partial charge in [0.25, 0.3) is 0 Å². The molecule has 0 saturated carbocycles. The van der Waals surface area contributed by atoms with Crippen LogP contribution in [-0.4, -0.2) is 46.4 Å². The van der Waals surface area contributed by atoms with Crippen molar-refractivity contribution < 1.29 is 4.79 Å². The molecular weight excluding hydrogens is 314 g/mol. The summed E-state index contributed by atoms with van der Waals surface area (Å²) in [4.78, 5) is 23.9. The van der Waals surface area contributed by atoms with Crippen molar-refractivity contribution in [3.05, 3.63) is 53.6 Å². The third kappa shape index (κ3) is 4.60. The maximum Gasteiger partial charge on any atom is 0.318 e. The maximum absolute atomic E-state index is 12.7. The second-order valence-electron chi connectivity index (χ2n) is 6.88. The molecule has 2 N–H and O–H groups in total. The van der Waals surface area contributed by atoms with Gasteiger partial charge in [-0.15, -0.1) is 0 Å². The molecule has 1 atom stereocenters. The number of aromatic amines is 1. The highest BCUT2D eigenvalue weighted by atomic mass is 16.2. The number of hydrogen-bond acceptors (Lipinski definition) is 3. The van der Waals surface area contributed by atoms with Gasteiger partial charge in [0.05, 0.1) is 12.6 Å². The quantitative estimate of drug-likeness (QED) is 0.879. The number of nitrogens with zero attached hydrogens (tertiary/aromatic N) is 3. The minimum Gasteiger partial charge on any atom is -0.347 e. The van der Waals surface area contributed by atoms with E-state index >= 15 is 0 Å². The average Bonchev–Trinajstić information content (AvgIpc) is 3.13. The fourth-order valence-electron chi connectivity index (χ4n) is 3.39. The van der Waals surface area contributed by atoms with E-state index in [9.17, 15) is 4.79 Å². The first-order valence-corrected chi connectivity index (χ1v) is 8.90. The molecule has 1 aromatic carbocycles. The number of imidazole rings is 1. The van der Waals surface area contributed by atoms with E-state index in [1.807, 2.05) is 4.90 Å². The van der Waals surface area contributed by atoms with Crippen molar-refractivity contribution in [1.29, 1.82) is 0 Å². The van der Waals surface area contributed by atoms with Crippen LogP contribution in [0.1, 0.15) is 42.3 Å². The molecule has 2 amide bonds. The first-order valence-electron chi connectivity index (χ1n) is 8.90. The second-order valence-corrected chi connectivity index (χ2v) is 6.88. The minimum absolute atomic E-state index is 0.0153. The summed E-state index contributed by atoms with van der Waals surface area (Å²) in [6, 6.07) is 8.81. The topological polar surface area (TPSA) is 64.3 Å². The SMILES string of the molecule is CN(C)Cc1ccc(C2CCCCN2C(=O)NCc2ncc[nH]2)cc1. The zero-order valence-electron chi connectivity index (χ0n) is 15.0. The summed E-state index contributed by atoms with van der Waals surface area (Å²) in [5.41, 5.74) is 2.51. The minimum atomic E-state index is -0.0153. The zero-order valence-corrected chi connectivity index (χ0v) is 15.0. The molecule has 25 heavy (non-hydrogen) atoms. The molecule has 0 radical (unpaired) electrons. The van der Waals surface area contributed by atoms with Gasteiger partial charge in [-0.25, -0.2) is 9.78 Å². The molecule has 134 valence electrons. The molecular formula is C19H27N5O. The van der Waals surface area contributed by atoms with Gasteiger partial charge >= 0.3 is 6.03 Å². The third-order valence-electron chi connectivity index (χ3n) is 4.59. The van der Waals surface area contributed by atoms with Crippen LogP contribution in [0.4, 0.5) is 4.79 Å². The molecule has 1 unspecified atom stereocenters. The fourth-order valence-corrected chi connectivity index (χ4v) is 3.39. The lowest BCUT2D eigenvalue weighted by Crippen LogP contribution is -2.44. The van der Waals surface area contributed by atoms with Gasteiger partial charge in [-0.1, -0.05) is 24.3 Å². The highest BCUT2D eigenvalue weighted by Gasteiger charge is 2.27. The molecule has 0 spiro atoms. The summed E-state index contributed by atoms with van der Waals surface area (Å²) < 4.78 is 0. The number of H-pyrrole nitrogens is 1. The van der Waals surface area contributed by atoms with E-state index in [1.165, 1.54) is 11.1 Å². The Morgan fingerprint density at radius 2 is 2.12 bits per heavy atom. The van der Waals surface area contributed by atoms with Crippen molar-refractivity contribution in [2.45, 2.75) is 38.4 Å². The van der Waals surface area contributed by atoms with Crippen LogP contribution in [0.2, 0.25) is 0 Å². The summed E-state index contributed by atoms with van der Waals surface area (Å²) in [6.07, 6.45) is 6.69. The van der Waals surface area contributed by atoms with Gasteiger partial charge < -0.3 is 20.1 Å². The lowest BCUT2D eigenvalue weighted by atomic mass is 9.95. The first-order chi connectivity index (χ1) is 12.1. The molecule has 1 aliphatic heterocycles. The van der Waals surface area contributed by atoms with Gasteiger partial charge in [0.15, 0.2) is 0 Å². The Labute approximate surface area is 149 Å². The summed E-state index contributed by atoms with van der Waals surface area (Å²) >= 11 is 0. The number of hydrogen-bond donors (Lipinski definition) is 2. The Hall–Kier alpha value is -2.34. The molecule has 2 aromatic rings. The summed E-state index contributed by atoms with van der Waals surface area (Å²) in [5, 5.41) is 2.98. The van der Waals surface area contributed by atoms with Crippen LogP contribution in [0.25, 0.3) is 0 Å². The molecule has 6 heteroatoms. The number of piperidine rings is 1. The number of amides is 2. The largest absolute Gasteiger partial charge is 0.347 e. The van der Waals surface area contributed by atoms with E-state index in [0.29, 0.717) is 6.54 Å². The van der Waals surface area contributed by atoms with Crippen LogP contribution in [0, 0.1) is 0 Å². The molecule has 6 nitrogen and oxygen atoms in total. The van der Waals surface area contributed by atoms with Crippen LogP contribution < -0.4 is 5.32 Å². The number of aromatic nitrogens is 2. The van der Waals surface area contributed by atoms with E-state index in [-0.39, 0.29) is 12.1 Å². The Kier molecular flexibility index (Phi) is 5.71. The molecule has 1 aliphatic rings. The Morgan fingerprint density at radius 3 is 2.80 bits per heavy atom. The number of carbonyl (C=O) groups excluding carboxylic acids is 1. The maximum atomic E-state index is 12.7. The number of benzene rings is 1. The van der Waals surface area contributed by atoms with Crippen LogP contribution >= 0.6 is 0 Å². The average molecular weight is 341 g/mol. The number of carbonyl (C=O) groups is 1. The summed E-state index contributed by atoms with van der Waals surface area (Å²) in [6.45, 7) is 2.16. The highest BCUT2D eigenvalue weighted by Crippen LogP contribution is 2.31.